The number of unbranched alkanes of at least 4 members (excludes halogenated alkanes) is 1. The Balaban J connectivity index is 0.00000273. The first-order valence-corrected chi connectivity index (χ1v) is 22.4. The van der Waals surface area contributed by atoms with Crippen LogP contribution in [0.25, 0.3) is 11.3 Å². The summed E-state index contributed by atoms with van der Waals surface area (Å²) in [5, 5.41) is 20.0. The molecule has 18 heteroatoms. The maximum absolute atomic E-state index is 14.6. The number of ketones is 2. The molecule has 62 heavy (non-hydrogen) atoms. The average molecular weight is 891 g/mol. The molecule has 0 spiro atoms. The molecule has 16 nitrogen and oxygen atoms in total. The van der Waals surface area contributed by atoms with E-state index in [4.69, 9.17) is 29.4 Å². The number of hydrogen-bond acceptors (Lipinski definition) is 15. The number of esters is 1. The lowest BCUT2D eigenvalue weighted by Gasteiger charge is -2.47. The number of rotatable bonds is 11. The van der Waals surface area contributed by atoms with Crippen LogP contribution in [-0.4, -0.2) is 142 Å². The number of aliphatic hydroxyl groups excluding tert-OH is 1. The smallest absolute Gasteiger partial charge is 0.411 e. The number of nitrogens with zero attached hydrogens (tertiary/aromatic N) is 5. The van der Waals surface area contributed by atoms with Gasteiger partial charge in [-0.2, -0.15) is 3.89 Å². The predicted molar refractivity (Wildman–Crippen MR) is 233 cm³/mol. The number of aliphatic hydroxyl groups is 1. The van der Waals surface area contributed by atoms with Gasteiger partial charge in [-0.15, -0.1) is 5.10 Å². The highest BCUT2D eigenvalue weighted by Crippen LogP contribution is 2.42. The standard InChI is InChI=1S/C43H64N6O10.CH3FS/c1-12-33-43(8)37(49(41(54)59-43)19-14-13-18-48-23-31(45-46-48)29-16-15-17-30(44)21-29)26(4)34(50)24(2)22-42(7,55-11)38(27(5)35(51)28(6)39(53)57-33)58-40-36(52)32(47(9)10)20-25(3)56-40;1-3-2/h15-17,21,23-25,27-28,32-33,36-38,40,52H,4,12-14,18-20,22,44H2,1-3,5-11H3;1H3/t24-,25?,27+,28-,32?,33-,36?,37-,38-,40+,42-,43-;/m1./s1. The van der Waals surface area contributed by atoms with Crippen LogP contribution in [0.2, 0.25) is 0 Å². The molecular formula is C44H67FN6O10S. The van der Waals surface area contributed by atoms with E-state index >= 15 is 0 Å². The van der Waals surface area contributed by atoms with Gasteiger partial charge in [0, 0.05) is 73.3 Å². The number of cyclic esters (lactones) is 1. The van der Waals surface area contributed by atoms with E-state index in [9.17, 15) is 28.2 Å². The molecule has 0 bridgehead atoms. The van der Waals surface area contributed by atoms with Gasteiger partial charge in [-0.3, -0.25) is 24.0 Å². The van der Waals surface area contributed by atoms with Crippen LogP contribution in [0.15, 0.2) is 42.6 Å². The minimum absolute atomic E-state index is 0.0584. The van der Waals surface area contributed by atoms with Gasteiger partial charge in [0.25, 0.3) is 0 Å². The SMILES string of the molecule is C=C1C(=O)[C@H](C)C[C@@](C)(OC)[C@H](O[C@@H]2OC(C)CC(N(C)C)C2O)[C@@H](C)C(=O)[C@@H](C)C(=O)O[C@H](CC)[C@@]2(C)OC(=O)N(CCCCn3cc(-c4cccc(N)c4)nn3)[C@H]12.CSF. The van der Waals surface area contributed by atoms with Gasteiger partial charge >= 0.3 is 12.1 Å². The van der Waals surface area contributed by atoms with Crippen LogP contribution in [0, 0.1) is 17.8 Å². The number of halogens is 1. The molecule has 0 radical (unpaired) electrons. The molecule has 3 fully saturated rings. The Morgan fingerprint density at radius 3 is 2.39 bits per heavy atom. The Morgan fingerprint density at radius 2 is 1.77 bits per heavy atom. The summed E-state index contributed by atoms with van der Waals surface area (Å²) in [4.78, 5) is 60.1. The highest BCUT2D eigenvalue weighted by atomic mass is 32.2. The maximum Gasteiger partial charge on any atom is 0.411 e. The zero-order valence-electron chi connectivity index (χ0n) is 38.0. The summed E-state index contributed by atoms with van der Waals surface area (Å²) in [6.07, 6.45) is -0.131. The second kappa shape index (κ2) is 21.6. The largest absolute Gasteiger partial charge is 0.457 e. The molecule has 3 aliphatic rings. The molecule has 0 aliphatic carbocycles. The van der Waals surface area contributed by atoms with E-state index in [0.29, 0.717) is 37.2 Å². The maximum atomic E-state index is 14.6. The van der Waals surface area contributed by atoms with Crippen LogP contribution in [0.4, 0.5) is 14.4 Å². The number of likely N-dealkylation sites (N-methyl/N-ethyl adjacent to an activating group) is 1. The lowest BCUT2D eigenvalue weighted by atomic mass is 9.75. The number of nitrogens with two attached hydrogens (primary N) is 1. The third-order valence-corrected chi connectivity index (χ3v) is 12.5. The zero-order valence-corrected chi connectivity index (χ0v) is 38.9. The fraction of sp³-hybridized carbons (Fsp3) is 0.682. The number of ether oxygens (including phenoxy) is 5. The number of hydrogen-bond donors (Lipinski definition) is 2. The van der Waals surface area contributed by atoms with Crippen molar-refractivity contribution in [3.8, 4) is 11.3 Å². The van der Waals surface area contributed by atoms with Crippen molar-refractivity contribution in [2.75, 3.05) is 39.7 Å². The molecule has 3 aliphatic heterocycles. The summed E-state index contributed by atoms with van der Waals surface area (Å²) < 4.78 is 43.0. The second-order valence-electron chi connectivity index (χ2n) is 17.4. The van der Waals surface area contributed by atoms with E-state index in [-0.39, 0.29) is 55.0 Å². The van der Waals surface area contributed by atoms with Crippen molar-refractivity contribution in [3.05, 3.63) is 42.6 Å². The molecule has 1 aromatic heterocycles. The quantitative estimate of drug-likeness (QED) is 0.0920. The summed E-state index contributed by atoms with van der Waals surface area (Å²) in [6.45, 7) is 16.9. The van der Waals surface area contributed by atoms with Crippen molar-refractivity contribution < 1.29 is 51.9 Å². The van der Waals surface area contributed by atoms with E-state index in [2.05, 4.69) is 16.9 Å². The van der Waals surface area contributed by atoms with Crippen molar-refractivity contribution in [2.24, 2.45) is 17.8 Å². The van der Waals surface area contributed by atoms with E-state index in [0.717, 1.165) is 5.56 Å². The lowest BCUT2D eigenvalue weighted by Crippen LogP contribution is -2.59. The number of carbonyl (C=O) groups excluding carboxylic acids is 4. The number of anilines is 1. The van der Waals surface area contributed by atoms with Gasteiger partial charge in [0.1, 0.15) is 29.9 Å². The lowest BCUT2D eigenvalue weighted by molar-refractivity contribution is -0.295. The highest BCUT2D eigenvalue weighted by Gasteiger charge is 2.59. The van der Waals surface area contributed by atoms with Crippen molar-refractivity contribution >= 4 is 41.5 Å². The summed E-state index contributed by atoms with van der Waals surface area (Å²) in [5.74, 6) is -4.65. The van der Waals surface area contributed by atoms with Gasteiger partial charge in [0.05, 0.1) is 24.0 Å². The molecule has 346 valence electrons. The Bertz CT molecular complexity index is 1890. The minimum Gasteiger partial charge on any atom is -0.457 e. The number of methoxy groups -OCH3 is 1. The van der Waals surface area contributed by atoms with Crippen molar-refractivity contribution in [3.63, 3.8) is 0 Å². The predicted octanol–water partition coefficient (Wildman–Crippen LogP) is 5.67. The van der Waals surface area contributed by atoms with Gasteiger partial charge < -0.3 is 39.4 Å². The van der Waals surface area contributed by atoms with E-state index in [1.54, 1.807) is 45.4 Å². The molecule has 12 atom stereocenters. The summed E-state index contributed by atoms with van der Waals surface area (Å²) in [7, 11) is 5.19. The third-order valence-electron chi connectivity index (χ3n) is 12.5. The molecular weight excluding hydrogens is 824 g/mol. The fourth-order valence-corrected chi connectivity index (χ4v) is 9.07. The molecule has 0 saturated carbocycles. The first-order chi connectivity index (χ1) is 29.2. The van der Waals surface area contributed by atoms with Gasteiger partial charge in [0.15, 0.2) is 23.5 Å². The minimum atomic E-state index is -1.52. The van der Waals surface area contributed by atoms with Crippen molar-refractivity contribution in [2.45, 2.75) is 141 Å². The molecule has 4 heterocycles. The molecule has 1 aromatic carbocycles. The number of carbonyl (C=O) groups is 4. The highest BCUT2D eigenvalue weighted by molar-refractivity contribution is 7.93. The average Bonchev–Trinajstić information content (AvgIpc) is 3.81. The number of benzene rings is 1. The van der Waals surface area contributed by atoms with Crippen LogP contribution in [0.5, 0.6) is 0 Å². The van der Waals surface area contributed by atoms with Crippen molar-refractivity contribution in [1.29, 1.82) is 0 Å². The van der Waals surface area contributed by atoms with Crippen LogP contribution < -0.4 is 5.73 Å². The fourth-order valence-electron chi connectivity index (χ4n) is 9.07. The van der Waals surface area contributed by atoms with Crippen LogP contribution in [-0.2, 0) is 44.6 Å². The van der Waals surface area contributed by atoms with Crippen LogP contribution in [0.3, 0.4) is 0 Å². The molecule has 2 aromatic rings. The van der Waals surface area contributed by atoms with Crippen LogP contribution >= 0.6 is 12.1 Å². The number of Topliss-reactive ketones (excluding diaryl/α,β-unsaturated/α-hetero) is 2. The molecule has 3 saturated heterocycles. The Kier molecular flexibility index (Phi) is 17.7. The number of amides is 1. The zero-order chi connectivity index (χ0) is 46.3. The second-order valence-corrected chi connectivity index (χ2v) is 17.7. The number of aromatic nitrogens is 3. The van der Waals surface area contributed by atoms with E-state index in [1.807, 2.05) is 50.3 Å². The molecule has 3 N–H and O–H groups in total. The number of nitrogen functional groups attached to an aromatic ring is 1. The summed E-state index contributed by atoms with van der Waals surface area (Å²) >= 11 is 0.250. The summed E-state index contributed by atoms with van der Waals surface area (Å²) in [6, 6.07) is 6.08. The third kappa shape index (κ3) is 11.2. The van der Waals surface area contributed by atoms with E-state index in [1.165, 1.54) is 25.2 Å². The van der Waals surface area contributed by atoms with Gasteiger partial charge in [-0.1, -0.05) is 44.7 Å². The van der Waals surface area contributed by atoms with E-state index < -0.39 is 77.4 Å². The Hall–Kier alpha value is -3.94. The van der Waals surface area contributed by atoms with Gasteiger partial charge in [-0.05, 0) is 86.0 Å². The monoisotopic (exact) mass is 890 g/mol. The van der Waals surface area contributed by atoms with Gasteiger partial charge in [-0.25, -0.2) is 4.79 Å². The van der Waals surface area contributed by atoms with Crippen molar-refractivity contribution in [1.82, 2.24) is 24.8 Å². The molecule has 5 rings (SSSR count). The summed E-state index contributed by atoms with van der Waals surface area (Å²) in [5.41, 5.74) is 5.37. The Labute approximate surface area is 369 Å². The topological polar surface area (TPSA) is 198 Å². The first-order valence-electron chi connectivity index (χ1n) is 21.3. The molecule has 1 amide bonds. The molecule has 3 unspecified atom stereocenters. The normalized spacial score (nSPS) is 33.6. The van der Waals surface area contributed by atoms with Gasteiger partial charge in [0.2, 0.25) is 0 Å². The Morgan fingerprint density at radius 1 is 1.11 bits per heavy atom. The van der Waals surface area contributed by atoms with Crippen LogP contribution in [0.1, 0.15) is 80.6 Å². The first kappa shape index (κ1) is 50.7. The number of fused-ring (bicyclic) bond motifs is 1. The number of aryl methyl sites for hydroxylation is 1.